The average molecular weight is 377 g/mol. The fourth-order valence-electron chi connectivity index (χ4n) is 4.76. The van der Waals surface area contributed by atoms with E-state index in [0.29, 0.717) is 0 Å². The molecule has 0 amide bonds. The van der Waals surface area contributed by atoms with Gasteiger partial charge < -0.3 is 8.98 Å². The molecule has 0 bridgehead atoms. The van der Waals surface area contributed by atoms with Crippen LogP contribution in [0.25, 0.3) is 63.9 Å². The van der Waals surface area contributed by atoms with E-state index in [2.05, 4.69) is 72.3 Å². The van der Waals surface area contributed by atoms with Crippen LogP contribution in [-0.4, -0.2) is 4.57 Å². The summed E-state index contributed by atoms with van der Waals surface area (Å²) >= 11 is 1.88. The molecule has 3 heteroatoms. The van der Waals surface area contributed by atoms with Crippen molar-refractivity contribution >= 4 is 75.3 Å². The zero-order valence-corrected chi connectivity index (χ0v) is 16.0. The Bertz CT molecular complexity index is 1600. The summed E-state index contributed by atoms with van der Waals surface area (Å²) in [7, 11) is 2.17. The minimum absolute atomic E-state index is 0.947. The zero-order valence-electron chi connectivity index (χ0n) is 15.2. The summed E-state index contributed by atoms with van der Waals surface area (Å²) < 4.78 is 11.3. The van der Waals surface area contributed by atoms with Crippen LogP contribution in [0.15, 0.2) is 77.2 Å². The highest BCUT2D eigenvalue weighted by molar-refractivity contribution is 7.26. The lowest BCUT2D eigenvalue weighted by Crippen LogP contribution is -1.87. The van der Waals surface area contributed by atoms with Crippen molar-refractivity contribution < 1.29 is 4.42 Å². The fraction of sp³-hybridized carbons (Fsp3) is 0.0400. The van der Waals surface area contributed by atoms with Crippen LogP contribution in [0.2, 0.25) is 0 Å². The third-order valence-electron chi connectivity index (χ3n) is 6.00. The molecule has 7 aromatic rings. The minimum atomic E-state index is 0.947. The largest absolute Gasteiger partial charge is 0.454 e. The summed E-state index contributed by atoms with van der Waals surface area (Å²) in [5.41, 5.74) is 4.39. The number of hydrogen-bond acceptors (Lipinski definition) is 2. The van der Waals surface area contributed by atoms with Crippen molar-refractivity contribution in [2.24, 2.45) is 7.05 Å². The van der Waals surface area contributed by atoms with E-state index in [1.807, 2.05) is 23.5 Å². The topological polar surface area (TPSA) is 18.1 Å². The molecule has 3 aromatic heterocycles. The predicted molar refractivity (Wildman–Crippen MR) is 121 cm³/mol. The Kier molecular flexibility index (Phi) is 2.60. The second kappa shape index (κ2) is 4.94. The highest BCUT2D eigenvalue weighted by atomic mass is 32.1. The molecular weight excluding hydrogens is 362 g/mol. The molecule has 4 aromatic carbocycles. The van der Waals surface area contributed by atoms with Crippen molar-refractivity contribution in [1.29, 1.82) is 0 Å². The van der Waals surface area contributed by atoms with Gasteiger partial charge in [-0.25, -0.2) is 0 Å². The van der Waals surface area contributed by atoms with Gasteiger partial charge in [-0.05, 0) is 18.2 Å². The van der Waals surface area contributed by atoms with E-state index >= 15 is 0 Å². The van der Waals surface area contributed by atoms with Gasteiger partial charge in [-0.3, -0.25) is 0 Å². The maximum absolute atomic E-state index is 6.33. The van der Waals surface area contributed by atoms with Gasteiger partial charge in [0.25, 0.3) is 0 Å². The lowest BCUT2D eigenvalue weighted by Gasteiger charge is -2.00. The standard InChI is InChI=1S/C25H15NOS/c1-26-22-16(10-12-18-14-6-2-4-8-20(14)27-24(18)22)17-11-13-19-15-7-3-5-9-21(15)28-25(19)23(17)26/h2-13H,1H3. The van der Waals surface area contributed by atoms with Crippen molar-refractivity contribution in [2.45, 2.75) is 0 Å². The van der Waals surface area contributed by atoms with E-state index in [1.165, 1.54) is 52.8 Å². The Hall–Kier alpha value is -3.30. The van der Waals surface area contributed by atoms with Crippen LogP contribution in [0.3, 0.4) is 0 Å². The van der Waals surface area contributed by atoms with E-state index in [-0.39, 0.29) is 0 Å². The average Bonchev–Trinajstić information content (AvgIpc) is 3.37. The second-order valence-electron chi connectivity index (χ2n) is 7.43. The molecule has 0 unspecified atom stereocenters. The van der Waals surface area contributed by atoms with Gasteiger partial charge in [0.15, 0.2) is 5.58 Å². The SMILES string of the molecule is Cn1c2c(ccc3c4ccccc4oc32)c2ccc3c4ccccc4sc3c21. The van der Waals surface area contributed by atoms with E-state index in [4.69, 9.17) is 4.42 Å². The summed E-state index contributed by atoms with van der Waals surface area (Å²) in [4.78, 5) is 0. The maximum atomic E-state index is 6.33. The van der Waals surface area contributed by atoms with Crippen molar-refractivity contribution in [3.05, 3.63) is 72.8 Å². The number of hydrogen-bond donors (Lipinski definition) is 0. The van der Waals surface area contributed by atoms with Crippen LogP contribution >= 0.6 is 11.3 Å². The first-order valence-corrected chi connectivity index (χ1v) is 10.3. The van der Waals surface area contributed by atoms with Gasteiger partial charge in [-0.2, -0.15) is 0 Å². The monoisotopic (exact) mass is 377 g/mol. The predicted octanol–water partition coefficient (Wildman–Crippen LogP) is 7.60. The molecule has 0 spiro atoms. The molecule has 0 aliphatic rings. The molecule has 0 aliphatic carbocycles. The van der Waals surface area contributed by atoms with Crippen molar-refractivity contribution in [3.63, 3.8) is 0 Å². The molecule has 0 fully saturated rings. The Balaban J connectivity index is 1.76. The normalized spacial score (nSPS) is 12.5. The number of thiophene rings is 1. The molecule has 3 heterocycles. The lowest BCUT2D eigenvalue weighted by atomic mass is 10.1. The van der Waals surface area contributed by atoms with E-state index in [9.17, 15) is 0 Å². The Morgan fingerprint density at radius 3 is 2.21 bits per heavy atom. The van der Waals surface area contributed by atoms with Gasteiger partial charge in [-0.1, -0.05) is 54.6 Å². The van der Waals surface area contributed by atoms with Crippen molar-refractivity contribution in [2.75, 3.05) is 0 Å². The number of rotatable bonds is 0. The highest BCUT2D eigenvalue weighted by Crippen LogP contribution is 2.43. The van der Waals surface area contributed by atoms with Crippen LogP contribution in [0.4, 0.5) is 0 Å². The van der Waals surface area contributed by atoms with Gasteiger partial charge in [-0.15, -0.1) is 11.3 Å². The number of aryl methyl sites for hydroxylation is 1. The van der Waals surface area contributed by atoms with Crippen molar-refractivity contribution in [3.8, 4) is 0 Å². The smallest absolute Gasteiger partial charge is 0.159 e. The van der Waals surface area contributed by atoms with Crippen molar-refractivity contribution in [1.82, 2.24) is 4.57 Å². The lowest BCUT2D eigenvalue weighted by molar-refractivity contribution is 0.670. The van der Waals surface area contributed by atoms with Crippen LogP contribution in [0.1, 0.15) is 0 Å². The van der Waals surface area contributed by atoms with Gasteiger partial charge >= 0.3 is 0 Å². The first-order valence-electron chi connectivity index (χ1n) is 9.44. The Morgan fingerprint density at radius 2 is 1.32 bits per heavy atom. The van der Waals surface area contributed by atoms with Gasteiger partial charge in [0.2, 0.25) is 0 Å². The summed E-state index contributed by atoms with van der Waals surface area (Å²) in [5, 5.41) is 7.57. The van der Waals surface area contributed by atoms with E-state index in [0.717, 1.165) is 11.2 Å². The molecular formula is C25H15NOS. The third-order valence-corrected chi connectivity index (χ3v) is 7.20. The molecule has 0 aliphatic heterocycles. The quantitative estimate of drug-likeness (QED) is 0.266. The highest BCUT2D eigenvalue weighted by Gasteiger charge is 2.19. The Labute approximate surface area is 164 Å². The molecule has 0 saturated carbocycles. The van der Waals surface area contributed by atoms with Gasteiger partial charge in [0, 0.05) is 44.1 Å². The summed E-state index contributed by atoms with van der Waals surface area (Å²) in [6.07, 6.45) is 0. The zero-order chi connectivity index (χ0) is 18.4. The summed E-state index contributed by atoms with van der Waals surface area (Å²) in [6, 6.07) is 26.0. The number of para-hydroxylation sites is 1. The molecule has 2 nitrogen and oxygen atoms in total. The van der Waals surface area contributed by atoms with E-state index in [1.54, 1.807) is 0 Å². The fourth-order valence-corrected chi connectivity index (χ4v) is 6.05. The molecule has 0 radical (unpaired) electrons. The number of furan rings is 1. The second-order valence-corrected chi connectivity index (χ2v) is 8.48. The first kappa shape index (κ1) is 14.7. The molecule has 0 saturated heterocycles. The molecule has 132 valence electrons. The molecule has 0 N–H and O–H groups in total. The van der Waals surface area contributed by atoms with Gasteiger partial charge in [0.05, 0.1) is 15.7 Å². The summed E-state index contributed by atoms with van der Waals surface area (Å²) in [5.74, 6) is 0. The minimum Gasteiger partial charge on any atom is -0.454 e. The molecule has 28 heavy (non-hydrogen) atoms. The number of aromatic nitrogens is 1. The number of nitrogens with zero attached hydrogens (tertiary/aromatic N) is 1. The molecule has 0 atom stereocenters. The number of benzene rings is 4. The van der Waals surface area contributed by atoms with E-state index < -0.39 is 0 Å². The van der Waals surface area contributed by atoms with Crippen LogP contribution in [-0.2, 0) is 7.05 Å². The first-order chi connectivity index (χ1) is 13.8. The van der Waals surface area contributed by atoms with Gasteiger partial charge in [0.1, 0.15) is 5.58 Å². The number of fused-ring (bicyclic) bond motifs is 11. The van der Waals surface area contributed by atoms with Crippen LogP contribution < -0.4 is 0 Å². The third kappa shape index (κ3) is 1.64. The van der Waals surface area contributed by atoms with Crippen LogP contribution in [0.5, 0.6) is 0 Å². The Morgan fingerprint density at radius 1 is 0.643 bits per heavy atom. The maximum Gasteiger partial charge on any atom is 0.159 e. The van der Waals surface area contributed by atoms with Crippen LogP contribution in [0, 0.1) is 0 Å². The molecule has 7 rings (SSSR count). The summed E-state index contributed by atoms with van der Waals surface area (Å²) in [6.45, 7) is 0.